The summed E-state index contributed by atoms with van der Waals surface area (Å²) in [6, 6.07) is 3.68. The maximum atomic E-state index is 12.6. The zero-order chi connectivity index (χ0) is 15.0. The van der Waals surface area contributed by atoms with Crippen LogP contribution in [0.1, 0.15) is 22.0 Å². The molecule has 1 amide bonds. The number of halogens is 3. The normalized spacial score (nSPS) is 15.2. The van der Waals surface area contributed by atoms with E-state index in [1.165, 1.54) is 23.2 Å². The molecule has 3 rings (SSSR count). The fraction of sp³-hybridized carbons (Fsp3) is 0.308. The second kappa shape index (κ2) is 4.87. The zero-order valence-corrected chi connectivity index (χ0v) is 10.8. The summed E-state index contributed by atoms with van der Waals surface area (Å²) in [6.07, 6.45) is -1.26. The Morgan fingerprint density at radius 2 is 2.05 bits per heavy atom. The fourth-order valence-electron chi connectivity index (χ4n) is 2.23. The van der Waals surface area contributed by atoms with Crippen molar-refractivity contribution in [3.8, 4) is 0 Å². The number of alkyl halides is 3. The van der Waals surface area contributed by atoms with E-state index in [4.69, 9.17) is 0 Å². The molecule has 0 spiro atoms. The van der Waals surface area contributed by atoms with E-state index in [1.807, 2.05) is 0 Å². The molecule has 5 nitrogen and oxygen atoms in total. The molecule has 0 N–H and O–H groups in total. The van der Waals surface area contributed by atoms with E-state index in [9.17, 15) is 18.0 Å². The van der Waals surface area contributed by atoms with Gasteiger partial charge < -0.3 is 9.47 Å². The monoisotopic (exact) mass is 296 g/mol. The third kappa shape index (κ3) is 2.61. The molecule has 0 fully saturated rings. The molecule has 0 atom stereocenters. The van der Waals surface area contributed by atoms with Crippen LogP contribution in [0.5, 0.6) is 0 Å². The largest absolute Gasteiger partial charge is 0.433 e. The summed E-state index contributed by atoms with van der Waals surface area (Å²) in [6.45, 7) is 1.02. The zero-order valence-electron chi connectivity index (χ0n) is 10.8. The average molecular weight is 296 g/mol. The summed E-state index contributed by atoms with van der Waals surface area (Å²) in [5, 5.41) is 0. The minimum absolute atomic E-state index is 0.0373. The maximum absolute atomic E-state index is 12.6. The van der Waals surface area contributed by atoms with Gasteiger partial charge in [0.1, 0.15) is 5.69 Å². The predicted octanol–water partition coefficient (Wildman–Crippen LogP) is 1.95. The van der Waals surface area contributed by atoms with Crippen LogP contribution in [-0.2, 0) is 19.3 Å². The lowest BCUT2D eigenvalue weighted by atomic mass is 10.2. The summed E-state index contributed by atoms with van der Waals surface area (Å²) < 4.78 is 39.6. The topological polar surface area (TPSA) is 51.0 Å². The molecular weight excluding hydrogens is 285 g/mol. The molecule has 0 saturated heterocycles. The Balaban J connectivity index is 1.81. The molecule has 0 saturated carbocycles. The molecule has 0 aromatic carbocycles. The van der Waals surface area contributed by atoms with Gasteiger partial charge >= 0.3 is 6.18 Å². The standard InChI is InChI=1S/C13H11F3N4O/c14-13(15,16)10-3-1-2-9(18-10)8-20-7-6-19-5-4-17-11(19)12(20)21/h1-5H,6-8H2. The van der Waals surface area contributed by atoms with Crippen LogP contribution in [0.2, 0.25) is 0 Å². The highest BCUT2D eigenvalue weighted by Gasteiger charge is 2.33. The minimum Gasteiger partial charge on any atom is -0.328 e. The third-order valence-electron chi connectivity index (χ3n) is 3.25. The highest BCUT2D eigenvalue weighted by Crippen LogP contribution is 2.27. The number of fused-ring (bicyclic) bond motifs is 1. The van der Waals surface area contributed by atoms with Gasteiger partial charge in [0.05, 0.1) is 12.2 Å². The number of carbonyl (C=O) groups excluding carboxylic acids is 1. The molecule has 0 radical (unpaired) electrons. The van der Waals surface area contributed by atoms with Crippen LogP contribution >= 0.6 is 0 Å². The molecule has 21 heavy (non-hydrogen) atoms. The lowest BCUT2D eigenvalue weighted by molar-refractivity contribution is -0.141. The summed E-state index contributed by atoms with van der Waals surface area (Å²) in [5.41, 5.74) is -0.746. The van der Waals surface area contributed by atoms with Gasteiger partial charge in [0.25, 0.3) is 5.91 Å². The summed E-state index contributed by atoms with van der Waals surface area (Å²) >= 11 is 0. The Hall–Kier alpha value is -2.38. The number of carbonyl (C=O) groups is 1. The van der Waals surface area contributed by atoms with Crippen molar-refractivity contribution in [2.24, 2.45) is 0 Å². The number of nitrogens with zero attached hydrogens (tertiary/aromatic N) is 4. The quantitative estimate of drug-likeness (QED) is 0.851. The summed E-state index contributed by atoms with van der Waals surface area (Å²) in [7, 11) is 0. The Morgan fingerprint density at radius 3 is 2.81 bits per heavy atom. The van der Waals surface area contributed by atoms with E-state index in [2.05, 4.69) is 9.97 Å². The first-order chi connectivity index (χ1) is 9.95. The molecule has 0 aliphatic carbocycles. The number of aromatic nitrogens is 3. The van der Waals surface area contributed by atoms with Crippen molar-refractivity contribution in [2.75, 3.05) is 6.54 Å². The van der Waals surface area contributed by atoms with Crippen molar-refractivity contribution >= 4 is 5.91 Å². The van der Waals surface area contributed by atoms with Crippen molar-refractivity contribution in [1.82, 2.24) is 19.4 Å². The number of hydrogen-bond acceptors (Lipinski definition) is 3. The highest BCUT2D eigenvalue weighted by molar-refractivity contribution is 5.91. The van der Waals surface area contributed by atoms with E-state index in [0.29, 0.717) is 18.9 Å². The molecular formula is C13H11F3N4O. The lowest BCUT2D eigenvalue weighted by Gasteiger charge is -2.27. The SMILES string of the molecule is O=C1c2nccn2CCN1Cc1cccc(C(F)(F)F)n1. The van der Waals surface area contributed by atoms with Gasteiger partial charge in [-0.2, -0.15) is 13.2 Å². The van der Waals surface area contributed by atoms with Gasteiger partial charge in [-0.3, -0.25) is 4.79 Å². The molecule has 2 aromatic heterocycles. The molecule has 0 unspecified atom stereocenters. The Labute approximate surface area is 118 Å². The van der Waals surface area contributed by atoms with Gasteiger partial charge in [-0.05, 0) is 12.1 Å². The molecule has 0 bridgehead atoms. The van der Waals surface area contributed by atoms with Crippen LogP contribution in [0, 0.1) is 0 Å². The first kappa shape index (κ1) is 13.6. The Bertz CT molecular complexity index is 680. The van der Waals surface area contributed by atoms with E-state index >= 15 is 0 Å². The first-order valence-corrected chi connectivity index (χ1v) is 6.29. The number of hydrogen-bond donors (Lipinski definition) is 0. The van der Waals surface area contributed by atoms with Crippen LogP contribution in [0.15, 0.2) is 30.6 Å². The van der Waals surface area contributed by atoms with Gasteiger partial charge in [0.15, 0.2) is 5.82 Å². The second-order valence-corrected chi connectivity index (χ2v) is 4.68. The van der Waals surface area contributed by atoms with E-state index in [0.717, 1.165) is 6.07 Å². The third-order valence-corrected chi connectivity index (χ3v) is 3.25. The van der Waals surface area contributed by atoms with Crippen LogP contribution in [0.3, 0.4) is 0 Å². The Morgan fingerprint density at radius 1 is 1.24 bits per heavy atom. The minimum atomic E-state index is -4.49. The van der Waals surface area contributed by atoms with Gasteiger partial charge in [0.2, 0.25) is 0 Å². The molecule has 1 aliphatic heterocycles. The number of imidazole rings is 1. The number of rotatable bonds is 2. The van der Waals surface area contributed by atoms with Crippen LogP contribution in [0.25, 0.3) is 0 Å². The Kier molecular flexibility index (Phi) is 3.15. The second-order valence-electron chi connectivity index (χ2n) is 4.68. The van der Waals surface area contributed by atoms with E-state index in [-0.39, 0.29) is 18.1 Å². The van der Waals surface area contributed by atoms with Crippen LogP contribution < -0.4 is 0 Å². The van der Waals surface area contributed by atoms with Crippen molar-refractivity contribution < 1.29 is 18.0 Å². The summed E-state index contributed by atoms with van der Waals surface area (Å²) in [5.74, 6) is -0.00122. The smallest absolute Gasteiger partial charge is 0.328 e. The molecule has 110 valence electrons. The van der Waals surface area contributed by atoms with Crippen LogP contribution in [-0.4, -0.2) is 31.9 Å². The molecule has 8 heteroatoms. The van der Waals surface area contributed by atoms with Gasteiger partial charge in [-0.1, -0.05) is 6.07 Å². The first-order valence-electron chi connectivity index (χ1n) is 6.29. The molecule has 2 aromatic rings. The van der Waals surface area contributed by atoms with E-state index in [1.54, 1.807) is 10.8 Å². The highest BCUT2D eigenvalue weighted by atomic mass is 19.4. The molecule has 3 heterocycles. The predicted molar refractivity (Wildman–Crippen MR) is 66.2 cm³/mol. The number of pyridine rings is 1. The van der Waals surface area contributed by atoms with Crippen molar-refractivity contribution in [3.05, 3.63) is 47.8 Å². The van der Waals surface area contributed by atoms with Crippen molar-refractivity contribution in [2.45, 2.75) is 19.3 Å². The van der Waals surface area contributed by atoms with Gasteiger partial charge in [0, 0.05) is 25.5 Å². The van der Waals surface area contributed by atoms with Crippen LogP contribution in [0.4, 0.5) is 13.2 Å². The maximum Gasteiger partial charge on any atom is 0.433 e. The fourth-order valence-corrected chi connectivity index (χ4v) is 2.23. The van der Waals surface area contributed by atoms with Crippen molar-refractivity contribution in [3.63, 3.8) is 0 Å². The van der Waals surface area contributed by atoms with Gasteiger partial charge in [-0.25, -0.2) is 9.97 Å². The van der Waals surface area contributed by atoms with Crippen molar-refractivity contribution in [1.29, 1.82) is 0 Å². The van der Waals surface area contributed by atoms with E-state index < -0.39 is 11.9 Å². The molecule has 1 aliphatic rings. The lowest BCUT2D eigenvalue weighted by Crippen LogP contribution is -2.40. The average Bonchev–Trinajstić information content (AvgIpc) is 2.91. The van der Waals surface area contributed by atoms with Gasteiger partial charge in [-0.15, -0.1) is 0 Å². The number of amides is 1. The summed E-state index contributed by atoms with van der Waals surface area (Å²) in [4.78, 5) is 21.1.